The van der Waals surface area contributed by atoms with E-state index < -0.39 is 0 Å². The van der Waals surface area contributed by atoms with Gasteiger partial charge in [-0.15, -0.1) is 0 Å². The summed E-state index contributed by atoms with van der Waals surface area (Å²) in [5.41, 5.74) is 4.28. The molecule has 3 aliphatic rings. The van der Waals surface area contributed by atoms with Crippen molar-refractivity contribution in [3.8, 4) is 0 Å². The first-order valence-electron chi connectivity index (χ1n) is 12.3. The van der Waals surface area contributed by atoms with E-state index in [4.69, 9.17) is 4.74 Å². The highest BCUT2D eigenvalue weighted by Gasteiger charge is 2.42. The minimum absolute atomic E-state index is 0.00394. The SMILES string of the molecule is c1ccc(CN2CCC[C@@H]2CNCCCN2CCC3(CC2)OCc2ccccc23)cc1. The van der Waals surface area contributed by atoms with Crippen molar-refractivity contribution in [2.24, 2.45) is 0 Å². The van der Waals surface area contributed by atoms with E-state index in [1.807, 2.05) is 0 Å². The highest BCUT2D eigenvalue weighted by Crippen LogP contribution is 2.43. The summed E-state index contributed by atoms with van der Waals surface area (Å²) < 4.78 is 6.31. The third-order valence-electron chi connectivity index (χ3n) is 7.61. The Hall–Kier alpha value is -1.72. The number of hydrogen-bond acceptors (Lipinski definition) is 4. The lowest BCUT2D eigenvalue weighted by Crippen LogP contribution is -2.43. The lowest BCUT2D eigenvalue weighted by molar-refractivity contribution is -0.0787. The van der Waals surface area contributed by atoms with Gasteiger partial charge in [0.05, 0.1) is 12.2 Å². The van der Waals surface area contributed by atoms with Crippen LogP contribution in [0.25, 0.3) is 0 Å². The Morgan fingerprint density at radius 3 is 2.65 bits per heavy atom. The first-order chi connectivity index (χ1) is 15.3. The topological polar surface area (TPSA) is 27.7 Å². The number of rotatable bonds is 8. The van der Waals surface area contributed by atoms with Crippen LogP contribution in [0.1, 0.15) is 48.8 Å². The van der Waals surface area contributed by atoms with E-state index in [-0.39, 0.29) is 5.60 Å². The summed E-state index contributed by atoms with van der Waals surface area (Å²) in [7, 11) is 0. The van der Waals surface area contributed by atoms with Gasteiger partial charge < -0.3 is 15.0 Å². The molecule has 0 aromatic heterocycles. The van der Waals surface area contributed by atoms with Crippen LogP contribution in [0.2, 0.25) is 0 Å². The maximum Gasteiger partial charge on any atom is 0.0963 e. The number of nitrogens with one attached hydrogen (secondary N) is 1. The molecule has 0 amide bonds. The molecule has 3 aliphatic heterocycles. The van der Waals surface area contributed by atoms with E-state index in [1.54, 1.807) is 0 Å². The van der Waals surface area contributed by atoms with Crippen LogP contribution >= 0.6 is 0 Å². The lowest BCUT2D eigenvalue weighted by Gasteiger charge is -2.39. The fourth-order valence-corrected chi connectivity index (χ4v) is 5.78. The molecule has 0 saturated carbocycles. The van der Waals surface area contributed by atoms with Crippen molar-refractivity contribution in [1.29, 1.82) is 0 Å². The number of benzene rings is 2. The van der Waals surface area contributed by atoms with Crippen molar-refractivity contribution < 1.29 is 4.74 Å². The molecular weight excluding hydrogens is 382 g/mol. The highest BCUT2D eigenvalue weighted by atomic mass is 16.5. The number of piperidine rings is 1. The molecule has 0 unspecified atom stereocenters. The third-order valence-corrected chi connectivity index (χ3v) is 7.61. The van der Waals surface area contributed by atoms with Crippen LogP contribution in [0.15, 0.2) is 54.6 Å². The zero-order valence-corrected chi connectivity index (χ0v) is 18.8. The monoisotopic (exact) mass is 419 g/mol. The summed E-state index contributed by atoms with van der Waals surface area (Å²) in [5, 5.41) is 3.75. The first-order valence-corrected chi connectivity index (χ1v) is 12.3. The molecule has 166 valence electrons. The van der Waals surface area contributed by atoms with Gasteiger partial charge in [-0.05, 0) is 68.4 Å². The summed E-state index contributed by atoms with van der Waals surface area (Å²) in [6.07, 6.45) is 6.16. The second kappa shape index (κ2) is 9.83. The van der Waals surface area contributed by atoms with Crippen molar-refractivity contribution >= 4 is 0 Å². The van der Waals surface area contributed by atoms with E-state index in [0.29, 0.717) is 6.04 Å². The average Bonchev–Trinajstić information content (AvgIpc) is 3.41. The Kier molecular flexibility index (Phi) is 6.70. The third kappa shape index (κ3) is 4.88. The van der Waals surface area contributed by atoms with E-state index >= 15 is 0 Å². The molecule has 2 saturated heterocycles. The lowest BCUT2D eigenvalue weighted by atomic mass is 9.84. The van der Waals surface area contributed by atoms with Crippen LogP contribution in [-0.2, 0) is 23.5 Å². The van der Waals surface area contributed by atoms with Crippen LogP contribution in [0, 0.1) is 0 Å². The van der Waals surface area contributed by atoms with E-state index in [9.17, 15) is 0 Å². The minimum Gasteiger partial charge on any atom is -0.365 e. The van der Waals surface area contributed by atoms with Crippen molar-refractivity contribution in [3.63, 3.8) is 0 Å². The van der Waals surface area contributed by atoms with Crippen LogP contribution in [0.4, 0.5) is 0 Å². The van der Waals surface area contributed by atoms with Crippen molar-refractivity contribution in [3.05, 3.63) is 71.3 Å². The molecule has 1 atom stereocenters. The van der Waals surface area contributed by atoms with Gasteiger partial charge in [-0.2, -0.15) is 0 Å². The molecule has 4 nitrogen and oxygen atoms in total. The van der Waals surface area contributed by atoms with Gasteiger partial charge >= 0.3 is 0 Å². The van der Waals surface area contributed by atoms with Gasteiger partial charge in [0.2, 0.25) is 0 Å². The predicted octanol–water partition coefficient (Wildman–Crippen LogP) is 4.15. The van der Waals surface area contributed by atoms with E-state index in [0.717, 1.165) is 52.2 Å². The molecule has 5 rings (SSSR count). The minimum atomic E-state index is -0.00394. The second-order valence-corrected chi connectivity index (χ2v) is 9.59. The Bertz CT molecular complexity index is 831. The van der Waals surface area contributed by atoms with Crippen LogP contribution in [0.3, 0.4) is 0 Å². The number of fused-ring (bicyclic) bond motifs is 2. The summed E-state index contributed by atoms with van der Waals surface area (Å²) in [6.45, 7) is 8.88. The zero-order valence-electron chi connectivity index (χ0n) is 18.8. The molecule has 1 N–H and O–H groups in total. The number of ether oxygens (including phenoxy) is 1. The Morgan fingerprint density at radius 1 is 0.968 bits per heavy atom. The molecule has 0 radical (unpaired) electrons. The number of likely N-dealkylation sites (tertiary alicyclic amines) is 2. The second-order valence-electron chi connectivity index (χ2n) is 9.59. The summed E-state index contributed by atoms with van der Waals surface area (Å²) >= 11 is 0. The smallest absolute Gasteiger partial charge is 0.0963 e. The van der Waals surface area contributed by atoms with Crippen LogP contribution < -0.4 is 5.32 Å². The first kappa shape index (κ1) is 21.1. The largest absolute Gasteiger partial charge is 0.365 e. The molecule has 0 bridgehead atoms. The fraction of sp³-hybridized carbons (Fsp3) is 0.556. The Labute approximate surface area is 187 Å². The van der Waals surface area contributed by atoms with Gasteiger partial charge in [-0.1, -0.05) is 54.6 Å². The standard InChI is InChI=1S/C27H37N3O/c1-2-8-23(9-3-1)21-30-17-6-11-25(30)20-28-15-7-16-29-18-13-27(14-19-29)26-12-5-4-10-24(26)22-31-27/h1-5,8-10,12,25,28H,6-7,11,13-22H2/t25-/m1/s1. The molecule has 2 aromatic rings. The molecule has 0 aliphatic carbocycles. The molecule has 1 spiro atoms. The van der Waals surface area contributed by atoms with Gasteiger partial charge in [0.15, 0.2) is 0 Å². The molecule has 31 heavy (non-hydrogen) atoms. The zero-order chi connectivity index (χ0) is 20.9. The maximum absolute atomic E-state index is 6.31. The molecule has 2 aromatic carbocycles. The molecule has 3 heterocycles. The van der Waals surface area contributed by atoms with Crippen LogP contribution in [-0.4, -0.2) is 55.1 Å². The van der Waals surface area contributed by atoms with Crippen molar-refractivity contribution in [2.45, 2.75) is 56.9 Å². The van der Waals surface area contributed by atoms with Gasteiger partial charge in [-0.3, -0.25) is 4.90 Å². The molecular formula is C27H37N3O. The van der Waals surface area contributed by atoms with Gasteiger partial charge in [-0.25, -0.2) is 0 Å². The predicted molar refractivity (Wildman–Crippen MR) is 126 cm³/mol. The Balaban J connectivity index is 1.00. The Morgan fingerprint density at radius 2 is 1.77 bits per heavy atom. The summed E-state index contributed by atoms with van der Waals surface area (Å²) in [6, 6.07) is 20.4. The maximum atomic E-state index is 6.31. The van der Waals surface area contributed by atoms with Crippen LogP contribution in [0.5, 0.6) is 0 Å². The van der Waals surface area contributed by atoms with Gasteiger partial charge in [0.25, 0.3) is 0 Å². The highest BCUT2D eigenvalue weighted by molar-refractivity contribution is 5.35. The van der Waals surface area contributed by atoms with Crippen molar-refractivity contribution in [2.75, 3.05) is 39.3 Å². The number of nitrogens with zero attached hydrogens (tertiary/aromatic N) is 2. The fourth-order valence-electron chi connectivity index (χ4n) is 5.78. The number of hydrogen-bond donors (Lipinski definition) is 1. The van der Waals surface area contributed by atoms with Crippen molar-refractivity contribution in [1.82, 2.24) is 15.1 Å². The summed E-state index contributed by atoms with van der Waals surface area (Å²) in [4.78, 5) is 5.29. The molecule has 2 fully saturated rings. The van der Waals surface area contributed by atoms with Gasteiger partial charge in [0.1, 0.15) is 0 Å². The quantitative estimate of drug-likeness (QED) is 0.651. The van der Waals surface area contributed by atoms with E-state index in [2.05, 4.69) is 69.7 Å². The molecule has 4 heteroatoms. The summed E-state index contributed by atoms with van der Waals surface area (Å²) in [5.74, 6) is 0. The average molecular weight is 420 g/mol. The van der Waals surface area contributed by atoms with Gasteiger partial charge in [0, 0.05) is 32.2 Å². The van der Waals surface area contributed by atoms with E-state index in [1.165, 1.54) is 49.0 Å². The normalized spacial score (nSPS) is 23.4.